The topological polar surface area (TPSA) is 0 Å². The molecule has 5 fully saturated rings. The summed E-state index contributed by atoms with van der Waals surface area (Å²) in [5, 5.41) is 0. The quantitative estimate of drug-likeness (QED) is 0.220. The normalized spacial score (nSPS) is 35.3. The summed E-state index contributed by atoms with van der Waals surface area (Å²) in [5.74, 6) is 7.70. The molecule has 1 heteroatoms. The molecule has 5 saturated carbocycles. The minimum absolute atomic E-state index is 0. The van der Waals surface area contributed by atoms with Crippen molar-refractivity contribution in [3.63, 3.8) is 0 Å². The van der Waals surface area contributed by atoms with Crippen molar-refractivity contribution in [1.29, 1.82) is 0 Å². The van der Waals surface area contributed by atoms with Gasteiger partial charge in [0.2, 0.25) is 0 Å². The number of fused-ring (bicyclic) bond motifs is 2. The molecule has 2 aromatic carbocycles. The van der Waals surface area contributed by atoms with Crippen molar-refractivity contribution in [2.75, 3.05) is 0 Å². The molecule has 0 spiro atoms. The molecule has 8 atom stereocenters. The molecule has 0 aliphatic heterocycles. The first-order chi connectivity index (χ1) is 17.4. The van der Waals surface area contributed by atoms with Crippen LogP contribution in [0.4, 0.5) is 0 Å². The predicted molar refractivity (Wildman–Crippen MR) is 172 cm³/mol. The maximum atomic E-state index is 2.44. The molecule has 0 nitrogen and oxygen atoms in total. The molecule has 0 N–H and O–H groups in total. The predicted octanol–water partition coefficient (Wildman–Crippen LogP) is 11.6. The monoisotopic (exact) mass is 706 g/mol. The standard InChI is InChI=1S/C35H46.4CH3.Hf/c1-3-11-25(12-4-1)27-15-9-17-31-29(27)19-21-33(31)35(23-7-8-24-35)34-22-20-30-28(16-10-18-32(30)34)26-13-5-2-6-14-26;;;;;/h1-6,11-14,27-34H,7-10,15-24H2;4*1H3;/q;4*-1;+4. The van der Waals surface area contributed by atoms with Crippen molar-refractivity contribution in [1.82, 2.24) is 0 Å². The van der Waals surface area contributed by atoms with E-state index in [1.165, 1.54) is 64.2 Å². The van der Waals surface area contributed by atoms with E-state index in [2.05, 4.69) is 60.7 Å². The Morgan fingerprint density at radius 3 is 1.23 bits per heavy atom. The minimum atomic E-state index is 0. The zero-order chi connectivity index (χ0) is 23.2. The van der Waals surface area contributed by atoms with Gasteiger partial charge in [0.05, 0.1) is 0 Å². The summed E-state index contributed by atoms with van der Waals surface area (Å²) >= 11 is 0. The van der Waals surface area contributed by atoms with Gasteiger partial charge >= 0.3 is 25.8 Å². The van der Waals surface area contributed by atoms with Crippen LogP contribution in [0.2, 0.25) is 0 Å². The van der Waals surface area contributed by atoms with E-state index in [1.54, 1.807) is 36.8 Å². The van der Waals surface area contributed by atoms with Crippen molar-refractivity contribution in [2.24, 2.45) is 40.9 Å². The first kappa shape index (κ1) is 35.5. The Morgan fingerprint density at radius 1 is 0.425 bits per heavy atom. The largest absolute Gasteiger partial charge is 4.00 e. The van der Waals surface area contributed by atoms with Gasteiger partial charge in [-0.2, -0.15) is 0 Å². The van der Waals surface area contributed by atoms with Gasteiger partial charge < -0.3 is 29.7 Å². The maximum Gasteiger partial charge on any atom is 4.00 e. The fourth-order valence-electron chi connectivity index (χ4n) is 11.3. The molecule has 0 amide bonds. The first-order valence-corrected chi connectivity index (χ1v) is 15.4. The molecule has 5 aliphatic carbocycles. The molecule has 5 aliphatic rings. The summed E-state index contributed by atoms with van der Waals surface area (Å²) in [6.07, 6.45) is 21.2. The SMILES string of the molecule is [CH3-].[CH3-].[CH3-].[CH3-].[Hf+4].c1ccc(C2CCCC3C2CCC3C2(C3CCC4C(c5ccccc5)CCCC43)CCCC2)cc1. The van der Waals surface area contributed by atoms with Crippen LogP contribution >= 0.6 is 0 Å². The van der Waals surface area contributed by atoms with Crippen LogP contribution in [-0.4, -0.2) is 0 Å². The zero-order valence-electron chi connectivity index (χ0n) is 26.3. The van der Waals surface area contributed by atoms with Crippen molar-refractivity contribution >= 4 is 0 Å². The molecular formula is C39H58Hf. The van der Waals surface area contributed by atoms with E-state index in [9.17, 15) is 0 Å². The Labute approximate surface area is 268 Å². The maximum absolute atomic E-state index is 2.44. The van der Waals surface area contributed by atoms with Crippen LogP contribution in [0.5, 0.6) is 0 Å². The average molecular weight is 705 g/mol. The average Bonchev–Trinajstić information content (AvgIpc) is 3.68. The second-order valence-electron chi connectivity index (χ2n) is 13.4. The van der Waals surface area contributed by atoms with E-state index in [0.717, 1.165) is 47.3 Å². The Balaban J connectivity index is 0.00000112. The van der Waals surface area contributed by atoms with E-state index >= 15 is 0 Å². The molecule has 0 radical (unpaired) electrons. The summed E-state index contributed by atoms with van der Waals surface area (Å²) in [6.45, 7) is 0. The van der Waals surface area contributed by atoms with Crippen LogP contribution in [-0.2, 0) is 25.8 Å². The van der Waals surface area contributed by atoms with E-state index in [0.29, 0.717) is 5.41 Å². The Bertz CT molecular complexity index is 901. The summed E-state index contributed by atoms with van der Waals surface area (Å²) < 4.78 is 0. The molecule has 7 rings (SSSR count). The third-order valence-corrected chi connectivity index (χ3v) is 12.4. The minimum Gasteiger partial charge on any atom is -0.358 e. The van der Waals surface area contributed by atoms with Gasteiger partial charge in [-0.05, 0) is 128 Å². The summed E-state index contributed by atoms with van der Waals surface area (Å²) in [5.41, 5.74) is 4.00. The number of hydrogen-bond acceptors (Lipinski definition) is 0. The Hall–Kier alpha value is -0.690. The molecular weight excluding hydrogens is 647 g/mol. The van der Waals surface area contributed by atoms with E-state index < -0.39 is 0 Å². The molecule has 2 aromatic rings. The second kappa shape index (κ2) is 15.2. The van der Waals surface area contributed by atoms with Crippen LogP contribution in [0.1, 0.15) is 113 Å². The molecule has 0 heterocycles. The van der Waals surface area contributed by atoms with E-state index in [4.69, 9.17) is 0 Å². The Kier molecular flexibility index (Phi) is 13.5. The number of rotatable bonds is 4. The van der Waals surface area contributed by atoms with Crippen LogP contribution in [0.15, 0.2) is 60.7 Å². The van der Waals surface area contributed by atoms with Crippen LogP contribution < -0.4 is 0 Å². The first-order valence-electron chi connectivity index (χ1n) is 15.4. The van der Waals surface area contributed by atoms with Crippen LogP contribution in [0, 0.1) is 70.6 Å². The van der Waals surface area contributed by atoms with Crippen LogP contribution in [0.25, 0.3) is 0 Å². The fourth-order valence-corrected chi connectivity index (χ4v) is 11.3. The molecule has 8 unspecified atom stereocenters. The van der Waals surface area contributed by atoms with Gasteiger partial charge in [-0.1, -0.05) is 86.3 Å². The fraction of sp³-hybridized carbons (Fsp3) is 0.590. The van der Waals surface area contributed by atoms with Crippen molar-refractivity contribution in [3.8, 4) is 0 Å². The summed E-state index contributed by atoms with van der Waals surface area (Å²) in [4.78, 5) is 0. The zero-order valence-corrected chi connectivity index (χ0v) is 29.9. The van der Waals surface area contributed by atoms with Crippen LogP contribution in [0.3, 0.4) is 0 Å². The Morgan fingerprint density at radius 2 is 0.825 bits per heavy atom. The van der Waals surface area contributed by atoms with Gasteiger partial charge in [0.15, 0.2) is 0 Å². The van der Waals surface area contributed by atoms with Gasteiger partial charge in [-0.25, -0.2) is 0 Å². The van der Waals surface area contributed by atoms with Crippen molar-refractivity contribution in [2.45, 2.75) is 102 Å². The van der Waals surface area contributed by atoms with Gasteiger partial charge in [-0.15, -0.1) is 0 Å². The summed E-state index contributed by atoms with van der Waals surface area (Å²) in [6, 6.07) is 23.3. The smallest absolute Gasteiger partial charge is 0.358 e. The van der Waals surface area contributed by atoms with Crippen molar-refractivity contribution < 1.29 is 25.8 Å². The number of benzene rings is 2. The third-order valence-electron chi connectivity index (χ3n) is 12.4. The molecule has 218 valence electrons. The number of hydrogen-bond donors (Lipinski definition) is 0. The summed E-state index contributed by atoms with van der Waals surface area (Å²) in [7, 11) is 0. The van der Waals surface area contributed by atoms with Crippen molar-refractivity contribution in [3.05, 3.63) is 101 Å². The van der Waals surface area contributed by atoms with Gasteiger partial charge in [0, 0.05) is 0 Å². The third kappa shape index (κ3) is 6.03. The van der Waals surface area contributed by atoms with Gasteiger partial charge in [0.1, 0.15) is 0 Å². The van der Waals surface area contributed by atoms with Gasteiger partial charge in [0.25, 0.3) is 0 Å². The molecule has 0 saturated heterocycles. The second-order valence-corrected chi connectivity index (χ2v) is 13.4. The van der Waals surface area contributed by atoms with E-state index in [-0.39, 0.29) is 55.5 Å². The van der Waals surface area contributed by atoms with E-state index in [1.807, 2.05) is 0 Å². The van der Waals surface area contributed by atoms with Gasteiger partial charge in [-0.3, -0.25) is 0 Å². The molecule has 0 aromatic heterocycles. The molecule has 40 heavy (non-hydrogen) atoms. The molecule has 0 bridgehead atoms.